The molecule has 0 saturated carbocycles. The highest BCUT2D eigenvalue weighted by atomic mass is 16.3. The van der Waals surface area contributed by atoms with E-state index in [-0.39, 0.29) is 17.4 Å². The number of benzene rings is 1. The van der Waals surface area contributed by atoms with Crippen LogP contribution < -0.4 is 15.8 Å². The van der Waals surface area contributed by atoms with E-state index in [1.165, 1.54) is 6.07 Å². The van der Waals surface area contributed by atoms with Crippen LogP contribution in [0.2, 0.25) is 0 Å². The van der Waals surface area contributed by atoms with E-state index in [2.05, 4.69) is 30.6 Å². The lowest BCUT2D eigenvalue weighted by molar-refractivity contribution is -0.120. The summed E-state index contributed by atoms with van der Waals surface area (Å²) in [7, 11) is 0. The van der Waals surface area contributed by atoms with Gasteiger partial charge in [-0.1, -0.05) is 18.2 Å². The molecule has 0 bridgehead atoms. The summed E-state index contributed by atoms with van der Waals surface area (Å²) in [4.78, 5) is 26.6. The molecule has 1 saturated heterocycles. The van der Waals surface area contributed by atoms with Gasteiger partial charge < -0.3 is 14.6 Å². The van der Waals surface area contributed by atoms with Gasteiger partial charge in [0.1, 0.15) is 5.69 Å². The lowest BCUT2D eigenvalue weighted by atomic mass is 9.96. The average molecular weight is 442 g/mol. The molecular formula is C24H22N6O3. The summed E-state index contributed by atoms with van der Waals surface area (Å²) < 4.78 is 5.37. The number of furan rings is 1. The lowest BCUT2D eigenvalue weighted by Crippen LogP contribution is -2.41. The van der Waals surface area contributed by atoms with Crippen molar-refractivity contribution in [3.05, 3.63) is 77.3 Å². The highest BCUT2D eigenvalue weighted by Crippen LogP contribution is 2.28. The van der Waals surface area contributed by atoms with Crippen molar-refractivity contribution in [1.82, 2.24) is 20.4 Å². The number of aromatic nitrogens is 4. The van der Waals surface area contributed by atoms with Gasteiger partial charge in [-0.3, -0.25) is 9.59 Å². The second-order valence-corrected chi connectivity index (χ2v) is 7.88. The van der Waals surface area contributed by atoms with E-state index in [1.807, 2.05) is 48.5 Å². The molecular weight excluding hydrogens is 420 g/mol. The number of aromatic amines is 1. The van der Waals surface area contributed by atoms with Crippen LogP contribution in [0.4, 0.5) is 11.5 Å². The van der Waals surface area contributed by atoms with Crippen LogP contribution in [0.25, 0.3) is 22.7 Å². The number of piperidine rings is 1. The summed E-state index contributed by atoms with van der Waals surface area (Å²) in [5, 5.41) is 18.2. The first kappa shape index (κ1) is 20.6. The third-order valence-electron chi connectivity index (χ3n) is 5.68. The second kappa shape index (κ2) is 9.07. The molecule has 1 aliphatic heterocycles. The maximum atomic E-state index is 13.1. The zero-order valence-electron chi connectivity index (χ0n) is 17.8. The number of rotatable bonds is 5. The standard InChI is InChI=1S/C24H22N6O3/c31-23-12-10-19(26-29-23)17-6-1-2-7-18(17)25-24(32)16-5-3-13-30(15-16)22-11-9-20(27-28-22)21-8-4-14-33-21/h1-2,4,6-12,14,16H,3,5,13,15H2,(H,25,32)(H,29,31)/t16-/m1/s1. The first-order chi connectivity index (χ1) is 16.2. The van der Waals surface area contributed by atoms with Crippen LogP contribution in [-0.2, 0) is 4.79 Å². The van der Waals surface area contributed by atoms with Crippen molar-refractivity contribution in [3.8, 4) is 22.7 Å². The van der Waals surface area contributed by atoms with Crippen molar-refractivity contribution >= 4 is 17.4 Å². The minimum atomic E-state index is -0.275. The van der Waals surface area contributed by atoms with Crippen molar-refractivity contribution in [2.24, 2.45) is 5.92 Å². The molecule has 9 heteroatoms. The van der Waals surface area contributed by atoms with Crippen LogP contribution in [0.3, 0.4) is 0 Å². The Labute approximate surface area is 189 Å². The zero-order valence-corrected chi connectivity index (χ0v) is 17.8. The molecule has 4 heterocycles. The molecule has 0 radical (unpaired) electrons. The Morgan fingerprint density at radius 2 is 1.91 bits per heavy atom. The molecule has 1 aliphatic rings. The van der Waals surface area contributed by atoms with Gasteiger partial charge in [-0.15, -0.1) is 10.2 Å². The zero-order chi connectivity index (χ0) is 22.6. The van der Waals surface area contributed by atoms with Crippen molar-refractivity contribution in [3.63, 3.8) is 0 Å². The van der Waals surface area contributed by atoms with Gasteiger partial charge in [0, 0.05) is 24.7 Å². The molecule has 1 amide bonds. The summed E-state index contributed by atoms with van der Waals surface area (Å²) in [5.74, 6) is 1.15. The predicted molar refractivity (Wildman–Crippen MR) is 124 cm³/mol. The quantitative estimate of drug-likeness (QED) is 0.487. The molecule has 9 nitrogen and oxygen atoms in total. The number of H-pyrrole nitrogens is 1. The normalized spacial score (nSPS) is 15.9. The highest BCUT2D eigenvalue weighted by molar-refractivity contribution is 5.96. The number of carbonyl (C=O) groups excluding carboxylic acids is 1. The van der Waals surface area contributed by atoms with Gasteiger partial charge in [0.05, 0.1) is 23.6 Å². The largest absolute Gasteiger partial charge is 0.463 e. The SMILES string of the molecule is O=C(Nc1ccccc1-c1ccc(=O)[nH]n1)[C@@H]1CCCN(c2ccc(-c3ccco3)nn2)C1. The van der Waals surface area contributed by atoms with Crippen LogP contribution in [0.5, 0.6) is 0 Å². The predicted octanol–water partition coefficient (Wildman–Crippen LogP) is 3.34. The Hall–Kier alpha value is -4.27. The second-order valence-electron chi connectivity index (χ2n) is 7.88. The van der Waals surface area contributed by atoms with E-state index in [0.29, 0.717) is 29.4 Å². The van der Waals surface area contributed by atoms with Crippen molar-refractivity contribution in [1.29, 1.82) is 0 Å². The average Bonchev–Trinajstić information content (AvgIpc) is 3.40. The summed E-state index contributed by atoms with van der Waals surface area (Å²) in [6.07, 6.45) is 3.27. The van der Waals surface area contributed by atoms with Crippen molar-refractivity contribution in [2.45, 2.75) is 12.8 Å². The molecule has 1 atom stereocenters. The molecule has 33 heavy (non-hydrogen) atoms. The van der Waals surface area contributed by atoms with E-state index in [9.17, 15) is 9.59 Å². The maximum absolute atomic E-state index is 13.1. The van der Waals surface area contributed by atoms with Crippen LogP contribution in [0.1, 0.15) is 12.8 Å². The van der Waals surface area contributed by atoms with E-state index in [0.717, 1.165) is 30.8 Å². The van der Waals surface area contributed by atoms with Gasteiger partial charge in [0.15, 0.2) is 11.6 Å². The Bertz CT molecular complexity index is 1280. The van der Waals surface area contributed by atoms with Crippen molar-refractivity contribution in [2.75, 3.05) is 23.3 Å². The van der Waals surface area contributed by atoms with Crippen molar-refractivity contribution < 1.29 is 9.21 Å². The number of carbonyl (C=O) groups is 1. The molecule has 2 N–H and O–H groups in total. The van der Waals surface area contributed by atoms with E-state index < -0.39 is 0 Å². The molecule has 0 spiro atoms. The minimum Gasteiger partial charge on any atom is -0.463 e. The lowest BCUT2D eigenvalue weighted by Gasteiger charge is -2.32. The Balaban J connectivity index is 1.29. The molecule has 0 unspecified atom stereocenters. The minimum absolute atomic E-state index is 0.0586. The fourth-order valence-electron chi connectivity index (χ4n) is 3.99. The van der Waals surface area contributed by atoms with Crippen LogP contribution >= 0.6 is 0 Å². The van der Waals surface area contributed by atoms with Gasteiger partial charge in [-0.05, 0) is 49.2 Å². The van der Waals surface area contributed by atoms with Gasteiger partial charge in [-0.25, -0.2) is 5.10 Å². The van der Waals surface area contributed by atoms with Gasteiger partial charge in [0.25, 0.3) is 5.56 Å². The number of nitrogens with zero attached hydrogens (tertiary/aromatic N) is 4. The van der Waals surface area contributed by atoms with E-state index >= 15 is 0 Å². The number of anilines is 2. The Morgan fingerprint density at radius 1 is 1.03 bits per heavy atom. The third kappa shape index (κ3) is 4.52. The van der Waals surface area contributed by atoms with Crippen LogP contribution in [-0.4, -0.2) is 39.4 Å². The maximum Gasteiger partial charge on any atom is 0.264 e. The smallest absolute Gasteiger partial charge is 0.264 e. The molecule has 3 aromatic heterocycles. The summed E-state index contributed by atoms with van der Waals surface area (Å²) >= 11 is 0. The Kier molecular flexibility index (Phi) is 5.67. The number of hydrogen-bond donors (Lipinski definition) is 2. The third-order valence-corrected chi connectivity index (χ3v) is 5.68. The summed E-state index contributed by atoms with van der Waals surface area (Å²) in [5.41, 5.74) is 2.38. The summed E-state index contributed by atoms with van der Waals surface area (Å²) in [6, 6.07) is 17.9. The van der Waals surface area contributed by atoms with E-state index in [4.69, 9.17) is 4.42 Å². The number of amides is 1. The monoisotopic (exact) mass is 442 g/mol. The molecule has 5 rings (SSSR count). The molecule has 4 aromatic rings. The molecule has 166 valence electrons. The molecule has 0 aliphatic carbocycles. The first-order valence-electron chi connectivity index (χ1n) is 10.8. The number of nitrogens with one attached hydrogen (secondary N) is 2. The van der Waals surface area contributed by atoms with Gasteiger partial charge in [0.2, 0.25) is 5.91 Å². The summed E-state index contributed by atoms with van der Waals surface area (Å²) in [6.45, 7) is 1.37. The van der Waals surface area contributed by atoms with E-state index in [1.54, 1.807) is 12.3 Å². The number of hydrogen-bond acceptors (Lipinski definition) is 7. The number of para-hydroxylation sites is 1. The Morgan fingerprint density at radius 3 is 2.67 bits per heavy atom. The van der Waals surface area contributed by atoms with Crippen LogP contribution in [0, 0.1) is 5.92 Å². The van der Waals surface area contributed by atoms with Gasteiger partial charge in [-0.2, -0.15) is 5.10 Å². The highest BCUT2D eigenvalue weighted by Gasteiger charge is 2.27. The fourth-order valence-corrected chi connectivity index (χ4v) is 3.99. The molecule has 1 fully saturated rings. The van der Waals surface area contributed by atoms with Crippen LogP contribution in [0.15, 0.2) is 76.1 Å². The first-order valence-corrected chi connectivity index (χ1v) is 10.8. The van der Waals surface area contributed by atoms with Gasteiger partial charge >= 0.3 is 0 Å². The molecule has 1 aromatic carbocycles. The topological polar surface area (TPSA) is 117 Å². The fraction of sp³-hybridized carbons (Fsp3) is 0.208.